The number of hydrogen-bond donors (Lipinski definition) is 24. The molecule has 0 aliphatic rings. The maximum Gasteiger partial charge on any atom is 0.245 e. The molecule has 15 atom stereocenters. The van der Waals surface area contributed by atoms with Crippen molar-refractivity contribution in [2.75, 3.05) is 37.7 Å². The summed E-state index contributed by atoms with van der Waals surface area (Å²) in [5.41, 5.74) is 30.8. The second-order valence-corrected chi connectivity index (χ2v) is 28.2. The summed E-state index contributed by atoms with van der Waals surface area (Å²) in [5.74, 6) is -15.5. The second kappa shape index (κ2) is 48.9. The van der Waals surface area contributed by atoms with E-state index in [1.54, 1.807) is 121 Å². The van der Waals surface area contributed by atoms with Crippen LogP contribution in [-0.2, 0) is 97.6 Å². The van der Waals surface area contributed by atoms with Crippen molar-refractivity contribution in [3.05, 3.63) is 144 Å². The molecule has 0 spiro atoms. The van der Waals surface area contributed by atoms with Crippen LogP contribution in [0.15, 0.2) is 121 Å². The average molecular weight is 1640 g/mol. The predicted molar refractivity (Wildman–Crippen MR) is 429 cm³/mol. The van der Waals surface area contributed by atoms with Gasteiger partial charge in [-0.15, -0.1) is 0 Å². The van der Waals surface area contributed by atoms with Crippen molar-refractivity contribution in [3.8, 4) is 0 Å². The number of aromatic nitrogens is 1. The van der Waals surface area contributed by atoms with Gasteiger partial charge in [-0.1, -0.05) is 109 Å². The van der Waals surface area contributed by atoms with Crippen LogP contribution in [0.25, 0.3) is 10.9 Å². The number of nitrogens with one attached hydrogen (secondary N) is 14. The predicted octanol–water partition coefficient (Wildman–Crippen LogP) is -6.05. The standard InChI is InChI=1S/C76H107N19O18S2/c1-41(79)65(102)83-37-61(100)84-59(40-115)74(111)86-50(27-15-17-29-77)66(103)90-56(35-60(80)99)71(108)88-52(31-44-19-7-4-8-20-44)68(105)87-53(32-45-21-9-5-10-22-45)69(106)89-55(34-47-36-82-49-26-14-13-25-48(47)49)70(107)85-51(28-16-18-30-78)67(104)94-62(42(2)97)75(112)91-54(33-46-23-11-6-12-24-46)72(109)95-63(43(3)98)76(113)92-57(38-96)73(110)93-58(39-114)64(81)101/h4-14,19-26,36,41-43,50-59,62-63,82,96-98,114-115H,15-18,27-35,37-40,77-79H2,1-3H3,(H2,80,99)(H2,81,101)(H,83,102)(H,84,100)(H,85,107)(H,86,111)(H,87,105)(H,88,108)(H,89,106)(H,90,103)(H,91,112)(H,92,113)(H,93,110)(H,94,104)(H,95,109)/t41-,42+,43+,50-,51-,52-,53-,54-,55-,56-,57-,58-,59-,62-,63-/m0/s1. The van der Waals surface area contributed by atoms with E-state index in [1.807, 2.05) is 0 Å². The lowest BCUT2D eigenvalue weighted by molar-refractivity contribution is -0.138. The Morgan fingerprint density at radius 3 is 1.16 bits per heavy atom. The van der Waals surface area contributed by atoms with E-state index >= 15 is 14.4 Å². The molecule has 4 aromatic carbocycles. The molecule has 37 nitrogen and oxygen atoms in total. The number of para-hydroxylation sites is 1. The van der Waals surface area contributed by atoms with E-state index in [0.29, 0.717) is 46.0 Å². The number of H-pyrrole nitrogens is 1. The summed E-state index contributed by atoms with van der Waals surface area (Å²) in [7, 11) is 0. The Kier molecular flexibility index (Phi) is 40.2. The van der Waals surface area contributed by atoms with E-state index in [4.69, 9.17) is 28.7 Å². The van der Waals surface area contributed by atoms with Gasteiger partial charge in [-0.05, 0) is 101 Å². The van der Waals surface area contributed by atoms with E-state index in [9.17, 15) is 72.9 Å². The van der Waals surface area contributed by atoms with Gasteiger partial charge < -0.3 is 118 Å². The van der Waals surface area contributed by atoms with Crippen LogP contribution in [0.4, 0.5) is 0 Å². The van der Waals surface area contributed by atoms with Gasteiger partial charge in [-0.3, -0.25) is 71.9 Å². The molecule has 0 radical (unpaired) electrons. The molecule has 0 fully saturated rings. The van der Waals surface area contributed by atoms with Crippen LogP contribution in [0.3, 0.4) is 0 Å². The van der Waals surface area contributed by atoms with Crippen molar-refractivity contribution in [3.63, 3.8) is 0 Å². The topological polar surface area (TPSA) is 619 Å². The molecular weight excluding hydrogens is 1530 g/mol. The molecule has 39 heteroatoms. The number of primary amides is 2. The zero-order chi connectivity index (χ0) is 84.8. The highest BCUT2D eigenvalue weighted by Crippen LogP contribution is 2.21. The number of thiol groups is 2. The van der Waals surface area contributed by atoms with Gasteiger partial charge in [-0.2, -0.15) is 25.3 Å². The van der Waals surface area contributed by atoms with E-state index < -0.39 is 199 Å². The number of nitrogens with two attached hydrogens (primary N) is 5. The number of carbonyl (C=O) groups excluding carboxylic acids is 15. The Hall–Kier alpha value is -11.1. The largest absolute Gasteiger partial charge is 0.394 e. The monoisotopic (exact) mass is 1640 g/mol. The lowest BCUT2D eigenvalue weighted by Gasteiger charge is -2.29. The third kappa shape index (κ3) is 31.7. The highest BCUT2D eigenvalue weighted by atomic mass is 32.1. The van der Waals surface area contributed by atoms with Crippen LogP contribution >= 0.6 is 25.3 Å². The fraction of sp³-hybridized carbons (Fsp3) is 0.461. The maximum atomic E-state index is 15.4. The van der Waals surface area contributed by atoms with Crippen molar-refractivity contribution in [2.45, 2.75) is 182 Å². The third-order valence-electron chi connectivity index (χ3n) is 18.1. The van der Waals surface area contributed by atoms with Crippen LogP contribution in [-0.4, -0.2) is 237 Å². The van der Waals surface area contributed by atoms with E-state index in [0.717, 1.165) is 13.8 Å². The molecule has 0 saturated heterocycles. The quantitative estimate of drug-likeness (QED) is 0.0127. The number of rotatable bonds is 50. The summed E-state index contributed by atoms with van der Waals surface area (Å²) < 4.78 is 0. The maximum absolute atomic E-state index is 15.4. The van der Waals surface area contributed by atoms with Gasteiger partial charge in [0.15, 0.2) is 0 Å². The molecule has 5 aromatic rings. The third-order valence-corrected chi connectivity index (χ3v) is 18.9. The van der Waals surface area contributed by atoms with Crippen LogP contribution in [0.5, 0.6) is 0 Å². The van der Waals surface area contributed by atoms with Crippen molar-refractivity contribution in [1.82, 2.24) is 74.1 Å². The summed E-state index contributed by atoms with van der Waals surface area (Å²) >= 11 is 8.17. The highest BCUT2D eigenvalue weighted by molar-refractivity contribution is 7.80. The summed E-state index contributed by atoms with van der Waals surface area (Å²) in [6, 6.07) is 11.3. The van der Waals surface area contributed by atoms with Gasteiger partial charge in [0, 0.05) is 54.3 Å². The van der Waals surface area contributed by atoms with Crippen molar-refractivity contribution >= 4 is 125 Å². The van der Waals surface area contributed by atoms with Crippen molar-refractivity contribution in [1.29, 1.82) is 0 Å². The number of fused-ring (bicyclic) bond motifs is 1. The Labute approximate surface area is 675 Å². The molecule has 626 valence electrons. The molecule has 15 amide bonds. The van der Waals surface area contributed by atoms with Crippen molar-refractivity contribution in [2.24, 2.45) is 28.7 Å². The van der Waals surface area contributed by atoms with Crippen LogP contribution in [0.2, 0.25) is 0 Å². The van der Waals surface area contributed by atoms with Crippen LogP contribution in [0.1, 0.15) is 88.0 Å². The van der Waals surface area contributed by atoms with Gasteiger partial charge in [0.1, 0.15) is 72.5 Å². The Balaban J connectivity index is 1.47. The molecule has 1 aromatic heterocycles. The van der Waals surface area contributed by atoms with Gasteiger partial charge >= 0.3 is 0 Å². The Bertz CT molecular complexity index is 4090. The summed E-state index contributed by atoms with van der Waals surface area (Å²) in [6.07, 6.45) is -2.92. The number of carbonyl (C=O) groups is 15. The van der Waals surface area contributed by atoms with Gasteiger partial charge in [0.25, 0.3) is 0 Å². The number of aliphatic hydroxyl groups excluding tert-OH is 3. The molecule has 0 unspecified atom stereocenters. The molecule has 5 rings (SSSR count). The summed E-state index contributed by atoms with van der Waals surface area (Å²) in [5, 5.41) is 65.2. The summed E-state index contributed by atoms with van der Waals surface area (Å²) in [6.45, 7) is 2.41. The molecule has 0 aliphatic carbocycles. The first-order valence-electron chi connectivity index (χ1n) is 37.3. The smallest absolute Gasteiger partial charge is 0.245 e. The molecule has 0 aliphatic heterocycles. The first-order valence-corrected chi connectivity index (χ1v) is 38.6. The minimum absolute atomic E-state index is 0.0754. The average Bonchev–Trinajstić information content (AvgIpc) is 1.73. The zero-order valence-corrected chi connectivity index (χ0v) is 65.8. The fourth-order valence-electron chi connectivity index (χ4n) is 11.8. The molecule has 115 heavy (non-hydrogen) atoms. The number of aliphatic hydroxyl groups is 3. The number of benzene rings is 4. The normalized spacial score (nSPS) is 15.1. The number of unbranched alkanes of at least 4 members (excludes halogenated alkanes) is 2. The van der Waals surface area contributed by atoms with E-state index in [2.05, 4.69) is 99.4 Å². The number of amides is 15. The number of aromatic amines is 1. The second-order valence-electron chi connectivity index (χ2n) is 27.5. The van der Waals surface area contributed by atoms with Gasteiger partial charge in [-0.25, -0.2) is 0 Å². The zero-order valence-electron chi connectivity index (χ0n) is 64.0. The molecule has 0 saturated carbocycles. The first-order chi connectivity index (χ1) is 54.8. The number of hydrogen-bond acceptors (Lipinski definition) is 23. The van der Waals surface area contributed by atoms with E-state index in [1.165, 1.54) is 6.92 Å². The molecule has 27 N–H and O–H groups in total. The minimum atomic E-state index is -1.90. The lowest BCUT2D eigenvalue weighted by Crippen LogP contribution is -2.63. The highest BCUT2D eigenvalue weighted by Gasteiger charge is 2.39. The first kappa shape index (κ1) is 94.5. The Morgan fingerprint density at radius 2 is 0.748 bits per heavy atom. The van der Waals surface area contributed by atoms with Crippen molar-refractivity contribution < 1.29 is 87.2 Å². The van der Waals surface area contributed by atoms with Crippen LogP contribution in [0, 0.1) is 0 Å². The van der Waals surface area contributed by atoms with Gasteiger partial charge in [0.05, 0.1) is 37.8 Å². The van der Waals surface area contributed by atoms with Gasteiger partial charge in [0.2, 0.25) is 88.6 Å². The Morgan fingerprint density at radius 1 is 0.400 bits per heavy atom. The molecule has 1 heterocycles. The summed E-state index contributed by atoms with van der Waals surface area (Å²) in [4.78, 5) is 212. The SMILES string of the molecule is C[C@H](N)C(=O)NCC(=O)N[C@@H](CS)C(=O)N[C@@H](CCCCN)C(=O)N[C@@H](CC(N)=O)C(=O)N[C@@H](Cc1ccccc1)C(=O)N[C@@H](Cc1ccccc1)C(=O)N[C@@H](Cc1c[nH]c2ccccc12)C(=O)N[C@@H](CCCCN)C(=O)N[C@H](C(=O)N[C@@H](Cc1ccccc1)C(=O)N[C@H](C(=O)N[C@@H](CO)C(=O)N[C@@H](CS)C(N)=O)[C@@H](C)O)[C@@H](C)O. The van der Waals surface area contributed by atoms with E-state index in [-0.39, 0.29) is 76.0 Å². The molecule has 0 bridgehead atoms. The molecular formula is C76H107N19O18S2. The van der Waals surface area contributed by atoms with Crippen LogP contribution < -0.4 is 97.8 Å². The lowest BCUT2D eigenvalue weighted by atomic mass is 10.00. The minimum Gasteiger partial charge on any atom is -0.394 e. The fourth-order valence-corrected chi connectivity index (χ4v) is 12.3.